The third kappa shape index (κ3) is 8.92. The van der Waals surface area contributed by atoms with Crippen LogP contribution in [0.4, 0.5) is 5.69 Å². The Bertz CT molecular complexity index is 520. The van der Waals surface area contributed by atoms with Gasteiger partial charge in [0.15, 0.2) is 0 Å². The fraction of sp³-hybridized carbons (Fsp3) is 0.600. The van der Waals surface area contributed by atoms with E-state index in [0.29, 0.717) is 18.7 Å². The Kier molecular flexibility index (Phi) is 11.8. The van der Waals surface area contributed by atoms with E-state index in [1.165, 1.54) is 51.4 Å². The monoisotopic (exact) mass is 367 g/mol. The second kappa shape index (κ2) is 13.7. The van der Waals surface area contributed by atoms with E-state index in [9.17, 15) is 9.59 Å². The molecule has 0 aliphatic rings. The molecule has 0 spiro atoms. The molecule has 4 nitrogen and oxygen atoms in total. The maximum Gasteiger partial charge on any atom is 0.339 e. The van der Waals surface area contributed by atoms with Crippen LogP contribution in [0.3, 0.4) is 0 Å². The van der Waals surface area contributed by atoms with Crippen LogP contribution in [0.15, 0.2) is 18.2 Å². The molecule has 0 aliphatic heterocycles. The Hall–Kier alpha value is -1.55. The molecule has 0 unspecified atom stereocenters. The van der Waals surface area contributed by atoms with Gasteiger partial charge < -0.3 is 10.1 Å². The summed E-state index contributed by atoms with van der Waals surface area (Å²) in [5.41, 5.74) is 0.686. The summed E-state index contributed by atoms with van der Waals surface area (Å²) in [5, 5.41) is 2.67. The molecule has 1 aromatic carbocycles. The molecule has 0 fully saturated rings. The summed E-state index contributed by atoms with van der Waals surface area (Å²) in [6, 6.07) is 4.89. The Morgan fingerprint density at radius 2 is 1.64 bits per heavy atom. The van der Waals surface area contributed by atoms with Crippen molar-refractivity contribution in [1.82, 2.24) is 0 Å². The normalized spacial score (nSPS) is 10.5. The van der Waals surface area contributed by atoms with E-state index in [1.54, 1.807) is 18.2 Å². The number of hydrogen-bond donors (Lipinski definition) is 1. The molecule has 0 atom stereocenters. The maximum atomic E-state index is 12.1. The standard InChI is InChI=1S/C20H30ClNO3/c1-2-3-4-5-6-7-8-9-10-11-15-25-20(24)17-13-12-14-18(19(17)21)22-16-23/h12-14,16H,2-11,15H2,1H3,(H,22,23). The van der Waals surface area contributed by atoms with Crippen molar-refractivity contribution in [3.8, 4) is 0 Å². The number of amides is 1. The van der Waals surface area contributed by atoms with Gasteiger partial charge in [-0.25, -0.2) is 4.79 Å². The summed E-state index contributed by atoms with van der Waals surface area (Å²) in [5.74, 6) is -0.449. The van der Waals surface area contributed by atoms with Gasteiger partial charge in [0.2, 0.25) is 6.41 Å². The van der Waals surface area contributed by atoms with E-state index in [0.717, 1.165) is 12.8 Å². The topological polar surface area (TPSA) is 55.4 Å². The van der Waals surface area contributed by atoms with Crippen molar-refractivity contribution in [2.75, 3.05) is 11.9 Å². The van der Waals surface area contributed by atoms with Crippen LogP contribution in [0.25, 0.3) is 0 Å². The smallest absolute Gasteiger partial charge is 0.339 e. The molecule has 0 heterocycles. The van der Waals surface area contributed by atoms with Gasteiger partial charge in [0, 0.05) is 0 Å². The molecule has 0 saturated heterocycles. The van der Waals surface area contributed by atoms with Gasteiger partial charge in [-0.1, -0.05) is 82.4 Å². The van der Waals surface area contributed by atoms with Gasteiger partial charge >= 0.3 is 5.97 Å². The molecule has 0 aromatic heterocycles. The minimum Gasteiger partial charge on any atom is -0.462 e. The highest BCUT2D eigenvalue weighted by Crippen LogP contribution is 2.26. The van der Waals surface area contributed by atoms with Gasteiger partial charge in [0.05, 0.1) is 22.9 Å². The largest absolute Gasteiger partial charge is 0.462 e. The van der Waals surface area contributed by atoms with Crippen molar-refractivity contribution < 1.29 is 14.3 Å². The Balaban J connectivity index is 2.13. The van der Waals surface area contributed by atoms with E-state index in [4.69, 9.17) is 16.3 Å². The van der Waals surface area contributed by atoms with Crippen molar-refractivity contribution in [2.24, 2.45) is 0 Å². The minimum absolute atomic E-state index is 0.211. The first-order valence-corrected chi connectivity index (χ1v) is 9.74. The van der Waals surface area contributed by atoms with E-state index in [-0.39, 0.29) is 10.6 Å². The average Bonchev–Trinajstić information content (AvgIpc) is 2.61. The summed E-state index contributed by atoms with van der Waals surface area (Å²) in [4.78, 5) is 22.6. The maximum absolute atomic E-state index is 12.1. The number of anilines is 1. The zero-order chi connectivity index (χ0) is 18.3. The average molecular weight is 368 g/mol. The first-order chi connectivity index (χ1) is 12.2. The molecule has 0 radical (unpaired) electrons. The van der Waals surface area contributed by atoms with Crippen LogP contribution in [0.5, 0.6) is 0 Å². The summed E-state index contributed by atoms with van der Waals surface area (Å²) >= 11 is 6.10. The molecule has 0 aliphatic carbocycles. The van der Waals surface area contributed by atoms with E-state index in [2.05, 4.69) is 12.2 Å². The second-order valence-corrected chi connectivity index (χ2v) is 6.63. The molecular weight excluding hydrogens is 338 g/mol. The van der Waals surface area contributed by atoms with Gasteiger partial charge in [-0.05, 0) is 18.6 Å². The van der Waals surface area contributed by atoms with Gasteiger partial charge in [-0.15, -0.1) is 0 Å². The fourth-order valence-electron chi connectivity index (χ4n) is 2.70. The number of carbonyl (C=O) groups excluding carboxylic acids is 2. The molecule has 5 heteroatoms. The molecule has 1 aromatic rings. The van der Waals surface area contributed by atoms with Crippen LogP contribution in [0.1, 0.15) is 81.5 Å². The summed E-state index contributed by atoms with van der Waals surface area (Å²) in [7, 11) is 0. The van der Waals surface area contributed by atoms with Crippen LogP contribution in [0, 0.1) is 0 Å². The van der Waals surface area contributed by atoms with E-state index in [1.807, 2.05) is 0 Å². The lowest BCUT2D eigenvalue weighted by molar-refractivity contribution is -0.105. The highest BCUT2D eigenvalue weighted by atomic mass is 35.5. The lowest BCUT2D eigenvalue weighted by atomic mass is 10.1. The molecule has 0 bridgehead atoms. The molecular formula is C20H30ClNO3. The molecule has 1 rings (SSSR count). The second-order valence-electron chi connectivity index (χ2n) is 6.25. The van der Waals surface area contributed by atoms with Crippen molar-refractivity contribution >= 4 is 29.7 Å². The number of carbonyl (C=O) groups is 2. The van der Waals surface area contributed by atoms with Gasteiger partial charge in [-0.2, -0.15) is 0 Å². The van der Waals surface area contributed by atoms with Crippen molar-refractivity contribution in [3.63, 3.8) is 0 Å². The summed E-state index contributed by atoms with van der Waals surface area (Å²) < 4.78 is 5.27. The summed E-state index contributed by atoms with van der Waals surface area (Å²) in [6.45, 7) is 2.64. The third-order valence-electron chi connectivity index (χ3n) is 4.16. The Morgan fingerprint density at radius 1 is 1.04 bits per heavy atom. The number of halogens is 1. The lowest BCUT2D eigenvalue weighted by Gasteiger charge is -2.09. The molecule has 1 amide bonds. The number of hydrogen-bond acceptors (Lipinski definition) is 3. The van der Waals surface area contributed by atoms with Gasteiger partial charge in [0.1, 0.15) is 0 Å². The molecule has 1 N–H and O–H groups in total. The number of rotatable bonds is 14. The number of esters is 1. The van der Waals surface area contributed by atoms with Crippen molar-refractivity contribution in [2.45, 2.75) is 71.1 Å². The van der Waals surface area contributed by atoms with E-state index >= 15 is 0 Å². The SMILES string of the molecule is CCCCCCCCCCCCOC(=O)c1cccc(NC=O)c1Cl. The van der Waals surface area contributed by atoms with Crippen LogP contribution in [-0.4, -0.2) is 19.0 Å². The highest BCUT2D eigenvalue weighted by molar-refractivity contribution is 6.36. The zero-order valence-corrected chi connectivity index (χ0v) is 15.9. The third-order valence-corrected chi connectivity index (χ3v) is 4.57. The van der Waals surface area contributed by atoms with Crippen LogP contribution in [0.2, 0.25) is 5.02 Å². The quantitative estimate of drug-likeness (QED) is 0.250. The summed E-state index contributed by atoms with van der Waals surface area (Å²) in [6.07, 6.45) is 12.9. The van der Waals surface area contributed by atoms with Crippen molar-refractivity contribution in [1.29, 1.82) is 0 Å². The Morgan fingerprint density at radius 3 is 2.24 bits per heavy atom. The Labute approximate surface area is 156 Å². The number of nitrogens with one attached hydrogen (secondary N) is 1. The van der Waals surface area contributed by atoms with E-state index < -0.39 is 5.97 Å². The fourth-order valence-corrected chi connectivity index (χ4v) is 2.95. The molecule has 25 heavy (non-hydrogen) atoms. The molecule has 0 saturated carbocycles. The van der Waals surface area contributed by atoms with Crippen LogP contribution < -0.4 is 5.32 Å². The predicted octanol–water partition coefficient (Wildman–Crippen LogP) is 5.99. The zero-order valence-electron chi connectivity index (χ0n) is 15.2. The number of unbranched alkanes of at least 4 members (excludes halogenated alkanes) is 9. The molecule has 140 valence electrons. The predicted molar refractivity (Wildman–Crippen MR) is 103 cm³/mol. The van der Waals surface area contributed by atoms with Crippen molar-refractivity contribution in [3.05, 3.63) is 28.8 Å². The first-order valence-electron chi connectivity index (χ1n) is 9.36. The first kappa shape index (κ1) is 21.5. The number of ether oxygens (including phenoxy) is 1. The van der Waals surface area contributed by atoms with Gasteiger partial charge in [0.25, 0.3) is 0 Å². The minimum atomic E-state index is -0.449. The van der Waals surface area contributed by atoms with Gasteiger partial charge in [-0.3, -0.25) is 4.79 Å². The lowest BCUT2D eigenvalue weighted by Crippen LogP contribution is -2.08. The highest BCUT2D eigenvalue weighted by Gasteiger charge is 2.14. The number of benzene rings is 1. The van der Waals surface area contributed by atoms with Crippen LogP contribution in [-0.2, 0) is 9.53 Å². The van der Waals surface area contributed by atoms with Crippen LogP contribution >= 0.6 is 11.6 Å².